The number of amides is 4. The number of carbonyl (C=O) groups excluding carboxylic acids is 3. The van der Waals surface area contributed by atoms with Gasteiger partial charge in [0.2, 0.25) is 0 Å². The molecule has 142 valence electrons. The van der Waals surface area contributed by atoms with E-state index >= 15 is 0 Å². The first-order valence-corrected chi connectivity index (χ1v) is 9.52. The Morgan fingerprint density at radius 3 is 2.64 bits per heavy atom. The van der Waals surface area contributed by atoms with Gasteiger partial charge in [-0.15, -0.1) is 6.42 Å². The van der Waals surface area contributed by atoms with Gasteiger partial charge in [-0.2, -0.15) is 0 Å². The third-order valence-corrected chi connectivity index (χ3v) is 5.45. The van der Waals surface area contributed by atoms with Crippen LogP contribution in [0.3, 0.4) is 0 Å². The largest absolute Gasteiger partial charge is 0.335 e. The Morgan fingerprint density at radius 2 is 1.89 bits per heavy atom. The van der Waals surface area contributed by atoms with E-state index in [4.69, 9.17) is 6.42 Å². The second-order valence-corrected chi connectivity index (χ2v) is 7.22. The molecule has 28 heavy (non-hydrogen) atoms. The summed E-state index contributed by atoms with van der Waals surface area (Å²) in [5.41, 5.74) is 1.63. The summed E-state index contributed by atoms with van der Waals surface area (Å²) in [6, 6.07) is 6.90. The maximum Gasteiger partial charge on any atom is 0.331 e. The highest BCUT2D eigenvalue weighted by Crippen LogP contribution is 2.28. The molecule has 1 aliphatic carbocycles. The van der Waals surface area contributed by atoms with Crippen molar-refractivity contribution in [1.82, 2.24) is 14.8 Å². The van der Waals surface area contributed by atoms with Crippen molar-refractivity contribution in [2.45, 2.75) is 44.7 Å². The fraction of sp³-hybridized carbons (Fsp3) is 0.318. The van der Waals surface area contributed by atoms with Crippen LogP contribution < -0.4 is 5.32 Å². The highest BCUT2D eigenvalue weighted by molar-refractivity contribution is 6.31. The zero-order valence-corrected chi connectivity index (χ0v) is 15.5. The Morgan fingerprint density at radius 1 is 1.14 bits per heavy atom. The molecule has 1 saturated heterocycles. The minimum absolute atomic E-state index is 0.0196. The fourth-order valence-corrected chi connectivity index (χ4v) is 4.12. The summed E-state index contributed by atoms with van der Waals surface area (Å²) in [6.45, 7) is 0.385. The number of hydrogen-bond acceptors (Lipinski definition) is 3. The molecule has 0 spiro atoms. The molecular weight excluding hydrogens is 354 g/mol. The summed E-state index contributed by atoms with van der Waals surface area (Å²) in [5.74, 6) is 1.43. The molecule has 1 aromatic heterocycles. The molecule has 2 aromatic rings. The SMILES string of the molecule is C#CCn1cc(C=C2C(=O)NC(=O)N(C3CCCCC3)C2=O)c2ccccc21. The molecular formula is C22H21N3O3. The molecule has 4 amide bonds. The molecule has 2 fully saturated rings. The maximum atomic E-state index is 13.1. The van der Waals surface area contributed by atoms with Crippen LogP contribution >= 0.6 is 0 Å². The van der Waals surface area contributed by atoms with E-state index in [0.717, 1.165) is 48.6 Å². The summed E-state index contributed by atoms with van der Waals surface area (Å²) < 4.78 is 1.90. The predicted octanol–water partition coefficient (Wildman–Crippen LogP) is 3.07. The molecule has 1 saturated carbocycles. The molecule has 2 heterocycles. The summed E-state index contributed by atoms with van der Waals surface area (Å²) in [5, 5.41) is 3.22. The Hall–Kier alpha value is -3.33. The molecule has 0 bridgehead atoms. The van der Waals surface area contributed by atoms with E-state index in [1.807, 2.05) is 35.0 Å². The third kappa shape index (κ3) is 3.09. The average Bonchev–Trinajstić information content (AvgIpc) is 3.04. The molecule has 2 aliphatic rings. The van der Waals surface area contributed by atoms with Gasteiger partial charge in [0.25, 0.3) is 11.8 Å². The molecule has 4 rings (SSSR count). The van der Waals surface area contributed by atoms with Crippen LogP contribution in [0.4, 0.5) is 4.79 Å². The lowest BCUT2D eigenvalue weighted by Crippen LogP contribution is -2.58. The van der Waals surface area contributed by atoms with E-state index in [1.54, 1.807) is 6.08 Å². The topological polar surface area (TPSA) is 71.4 Å². The number of nitrogens with zero attached hydrogens (tertiary/aromatic N) is 2. The van der Waals surface area contributed by atoms with Crippen LogP contribution in [0.2, 0.25) is 0 Å². The number of imide groups is 2. The van der Waals surface area contributed by atoms with Crippen LogP contribution in [0.25, 0.3) is 17.0 Å². The van der Waals surface area contributed by atoms with Crippen LogP contribution in [0, 0.1) is 12.3 Å². The van der Waals surface area contributed by atoms with Crippen LogP contribution in [0.1, 0.15) is 37.7 Å². The normalized spacial score (nSPS) is 19.9. The van der Waals surface area contributed by atoms with Gasteiger partial charge in [0.1, 0.15) is 5.57 Å². The minimum atomic E-state index is -0.657. The summed E-state index contributed by atoms with van der Waals surface area (Å²) in [6.07, 6.45) is 13.5. The van der Waals surface area contributed by atoms with Crippen molar-refractivity contribution in [2.75, 3.05) is 0 Å². The van der Waals surface area contributed by atoms with Gasteiger partial charge in [-0.25, -0.2) is 4.79 Å². The number of barbiturate groups is 1. The van der Waals surface area contributed by atoms with Gasteiger partial charge in [-0.3, -0.25) is 19.8 Å². The van der Waals surface area contributed by atoms with Crippen LogP contribution in [0.15, 0.2) is 36.0 Å². The highest BCUT2D eigenvalue weighted by atomic mass is 16.2. The first-order chi connectivity index (χ1) is 13.6. The molecule has 0 atom stereocenters. The van der Waals surface area contributed by atoms with Crippen molar-refractivity contribution < 1.29 is 14.4 Å². The molecule has 6 heteroatoms. The van der Waals surface area contributed by atoms with E-state index in [-0.39, 0.29) is 11.6 Å². The van der Waals surface area contributed by atoms with E-state index < -0.39 is 17.8 Å². The van der Waals surface area contributed by atoms with Gasteiger partial charge >= 0.3 is 6.03 Å². The first kappa shape index (κ1) is 18.1. The van der Waals surface area contributed by atoms with Crippen LogP contribution in [-0.4, -0.2) is 33.4 Å². The Balaban J connectivity index is 1.75. The molecule has 6 nitrogen and oxygen atoms in total. The van der Waals surface area contributed by atoms with E-state index in [0.29, 0.717) is 6.54 Å². The van der Waals surface area contributed by atoms with Gasteiger partial charge in [0.05, 0.1) is 6.54 Å². The number of hydrogen-bond donors (Lipinski definition) is 1. The lowest BCUT2D eigenvalue weighted by atomic mass is 9.93. The predicted molar refractivity (Wildman–Crippen MR) is 106 cm³/mol. The minimum Gasteiger partial charge on any atom is -0.335 e. The second-order valence-electron chi connectivity index (χ2n) is 7.22. The van der Waals surface area contributed by atoms with Gasteiger partial charge in [0.15, 0.2) is 0 Å². The number of benzene rings is 1. The van der Waals surface area contributed by atoms with Crippen molar-refractivity contribution in [2.24, 2.45) is 0 Å². The molecule has 0 radical (unpaired) electrons. The van der Waals surface area contributed by atoms with Crippen molar-refractivity contribution in [3.63, 3.8) is 0 Å². The number of nitrogens with one attached hydrogen (secondary N) is 1. The van der Waals surface area contributed by atoms with Gasteiger partial charge in [-0.1, -0.05) is 43.4 Å². The lowest BCUT2D eigenvalue weighted by Gasteiger charge is -2.35. The van der Waals surface area contributed by atoms with Crippen molar-refractivity contribution >= 4 is 34.8 Å². The maximum absolute atomic E-state index is 13.1. The smallest absolute Gasteiger partial charge is 0.331 e. The second kappa shape index (κ2) is 7.35. The number of terminal acetylenes is 1. The van der Waals surface area contributed by atoms with Crippen molar-refractivity contribution in [3.05, 3.63) is 41.6 Å². The molecule has 1 N–H and O–H groups in total. The number of carbonyl (C=O) groups is 3. The van der Waals surface area contributed by atoms with Gasteiger partial charge < -0.3 is 4.57 Å². The fourth-order valence-electron chi connectivity index (χ4n) is 4.12. The van der Waals surface area contributed by atoms with Crippen molar-refractivity contribution in [3.8, 4) is 12.3 Å². The third-order valence-electron chi connectivity index (χ3n) is 5.45. The van der Waals surface area contributed by atoms with E-state index in [2.05, 4.69) is 11.2 Å². The van der Waals surface area contributed by atoms with Crippen LogP contribution in [-0.2, 0) is 16.1 Å². The number of urea groups is 1. The van der Waals surface area contributed by atoms with Crippen molar-refractivity contribution in [1.29, 1.82) is 0 Å². The molecule has 0 unspecified atom stereocenters. The van der Waals surface area contributed by atoms with Crippen LogP contribution in [0.5, 0.6) is 0 Å². The number of fused-ring (bicyclic) bond motifs is 1. The quantitative estimate of drug-likeness (QED) is 0.509. The highest BCUT2D eigenvalue weighted by Gasteiger charge is 2.40. The van der Waals surface area contributed by atoms with E-state index in [1.165, 1.54) is 4.90 Å². The number of para-hydroxylation sites is 1. The average molecular weight is 375 g/mol. The lowest BCUT2D eigenvalue weighted by molar-refractivity contribution is -0.132. The first-order valence-electron chi connectivity index (χ1n) is 9.52. The number of aromatic nitrogens is 1. The van der Waals surface area contributed by atoms with Gasteiger partial charge in [-0.05, 0) is 25.0 Å². The zero-order valence-electron chi connectivity index (χ0n) is 15.5. The zero-order chi connectivity index (χ0) is 19.7. The summed E-state index contributed by atoms with van der Waals surface area (Å²) >= 11 is 0. The van der Waals surface area contributed by atoms with E-state index in [9.17, 15) is 14.4 Å². The Kier molecular flexibility index (Phi) is 4.74. The standard InChI is InChI=1S/C22H21N3O3/c1-2-12-24-14-15(17-10-6-7-11-19(17)24)13-18-20(26)23-22(28)25(21(18)27)16-8-4-3-5-9-16/h1,6-7,10-11,13-14,16H,3-5,8-9,12H2,(H,23,26,28). The summed E-state index contributed by atoms with van der Waals surface area (Å²) in [4.78, 5) is 39.0. The van der Waals surface area contributed by atoms with Gasteiger partial charge in [0, 0.05) is 28.7 Å². The Labute approximate surface area is 163 Å². The number of rotatable bonds is 3. The summed E-state index contributed by atoms with van der Waals surface area (Å²) in [7, 11) is 0. The monoisotopic (exact) mass is 375 g/mol. The Bertz CT molecular complexity index is 1030. The molecule has 1 aliphatic heterocycles. The molecule has 1 aromatic carbocycles.